The van der Waals surface area contributed by atoms with Gasteiger partial charge in [0.05, 0.1) is 18.1 Å². The average Bonchev–Trinajstić information content (AvgIpc) is 2.40. The quantitative estimate of drug-likeness (QED) is 0.817. The van der Waals surface area contributed by atoms with Crippen LogP contribution in [-0.4, -0.2) is 47.6 Å². The van der Waals surface area contributed by atoms with Gasteiger partial charge in [-0.2, -0.15) is 0 Å². The highest BCUT2D eigenvalue weighted by molar-refractivity contribution is 5.36. The summed E-state index contributed by atoms with van der Waals surface area (Å²) < 4.78 is 0. The van der Waals surface area contributed by atoms with Crippen LogP contribution in [0.5, 0.6) is 0 Å². The molecule has 0 radical (unpaired) electrons. The minimum atomic E-state index is 0.452. The molecule has 0 N–H and O–H groups in total. The first-order valence-corrected chi connectivity index (χ1v) is 7.00. The van der Waals surface area contributed by atoms with Gasteiger partial charge in [-0.1, -0.05) is 20.8 Å². The van der Waals surface area contributed by atoms with Gasteiger partial charge in [0, 0.05) is 26.2 Å². The Morgan fingerprint density at radius 3 is 2.33 bits per heavy atom. The van der Waals surface area contributed by atoms with Crippen molar-refractivity contribution in [2.45, 2.75) is 33.1 Å². The van der Waals surface area contributed by atoms with Gasteiger partial charge in [-0.3, -0.25) is 9.88 Å². The summed E-state index contributed by atoms with van der Waals surface area (Å²) in [4.78, 5) is 13.9. The van der Waals surface area contributed by atoms with E-state index in [0.29, 0.717) is 5.92 Å². The molecule has 0 unspecified atom stereocenters. The van der Waals surface area contributed by atoms with E-state index in [-0.39, 0.29) is 0 Å². The minimum Gasteiger partial charge on any atom is -0.353 e. The van der Waals surface area contributed by atoms with Crippen molar-refractivity contribution in [3.8, 4) is 0 Å². The molecule has 2 heterocycles. The van der Waals surface area contributed by atoms with Crippen molar-refractivity contribution in [3.05, 3.63) is 18.1 Å². The number of piperazine rings is 1. The lowest BCUT2D eigenvalue weighted by atomic mass is 10.1. The lowest BCUT2D eigenvalue weighted by molar-refractivity contribution is 0.258. The average molecular weight is 248 g/mol. The SMILES string of the molecule is CCCN1CCN(c2cnc(C(C)C)cn2)CC1. The van der Waals surface area contributed by atoms with Crippen LogP contribution in [0.2, 0.25) is 0 Å². The molecule has 4 nitrogen and oxygen atoms in total. The Kier molecular flexibility index (Phi) is 4.53. The highest BCUT2D eigenvalue weighted by Gasteiger charge is 2.17. The van der Waals surface area contributed by atoms with Crippen molar-refractivity contribution < 1.29 is 0 Å². The van der Waals surface area contributed by atoms with Crippen LogP contribution in [0.1, 0.15) is 38.8 Å². The van der Waals surface area contributed by atoms with Crippen LogP contribution in [0.15, 0.2) is 12.4 Å². The zero-order valence-corrected chi connectivity index (χ0v) is 11.8. The van der Waals surface area contributed by atoms with Crippen molar-refractivity contribution in [3.63, 3.8) is 0 Å². The van der Waals surface area contributed by atoms with Gasteiger partial charge in [0.25, 0.3) is 0 Å². The summed E-state index contributed by atoms with van der Waals surface area (Å²) in [6.07, 6.45) is 5.08. The van der Waals surface area contributed by atoms with Crippen LogP contribution in [0.3, 0.4) is 0 Å². The molecule has 2 rings (SSSR count). The molecular formula is C14H24N4. The van der Waals surface area contributed by atoms with E-state index in [9.17, 15) is 0 Å². The molecule has 1 aliphatic heterocycles. The molecule has 4 heteroatoms. The first-order chi connectivity index (χ1) is 8.70. The largest absolute Gasteiger partial charge is 0.353 e. The highest BCUT2D eigenvalue weighted by Crippen LogP contribution is 2.15. The summed E-state index contributed by atoms with van der Waals surface area (Å²) >= 11 is 0. The number of aromatic nitrogens is 2. The van der Waals surface area contributed by atoms with Gasteiger partial charge in [-0.05, 0) is 18.9 Å². The van der Waals surface area contributed by atoms with Gasteiger partial charge in [0.1, 0.15) is 5.82 Å². The maximum Gasteiger partial charge on any atom is 0.147 e. The second-order valence-electron chi connectivity index (χ2n) is 5.28. The summed E-state index contributed by atoms with van der Waals surface area (Å²) in [6.45, 7) is 12.2. The van der Waals surface area contributed by atoms with E-state index >= 15 is 0 Å². The van der Waals surface area contributed by atoms with Crippen LogP contribution < -0.4 is 4.90 Å². The third-order valence-electron chi connectivity index (χ3n) is 3.49. The Bertz CT molecular complexity index is 353. The normalized spacial score (nSPS) is 17.4. The Balaban J connectivity index is 1.93. The van der Waals surface area contributed by atoms with Crippen molar-refractivity contribution in [2.24, 2.45) is 0 Å². The van der Waals surface area contributed by atoms with Crippen molar-refractivity contribution >= 4 is 5.82 Å². The van der Waals surface area contributed by atoms with E-state index in [1.807, 2.05) is 12.4 Å². The molecule has 1 aliphatic rings. The van der Waals surface area contributed by atoms with Gasteiger partial charge in [-0.15, -0.1) is 0 Å². The fourth-order valence-electron chi connectivity index (χ4n) is 2.31. The molecule has 18 heavy (non-hydrogen) atoms. The van der Waals surface area contributed by atoms with Gasteiger partial charge < -0.3 is 4.90 Å². The standard InChI is InChI=1S/C14H24N4/c1-4-5-17-6-8-18(9-7-17)14-11-15-13(10-16-14)12(2)3/h10-12H,4-9H2,1-3H3. The van der Waals surface area contributed by atoms with E-state index in [1.54, 1.807) is 0 Å². The number of rotatable bonds is 4. The predicted octanol–water partition coefficient (Wildman–Crippen LogP) is 2.13. The molecule has 1 fully saturated rings. The van der Waals surface area contributed by atoms with Crippen molar-refractivity contribution in [1.82, 2.24) is 14.9 Å². The highest BCUT2D eigenvalue weighted by atomic mass is 15.3. The number of hydrogen-bond acceptors (Lipinski definition) is 4. The number of hydrogen-bond donors (Lipinski definition) is 0. The monoisotopic (exact) mass is 248 g/mol. The molecule has 0 bridgehead atoms. The molecule has 1 saturated heterocycles. The fraction of sp³-hybridized carbons (Fsp3) is 0.714. The summed E-state index contributed by atoms with van der Waals surface area (Å²) in [5, 5.41) is 0. The van der Waals surface area contributed by atoms with Crippen molar-refractivity contribution in [1.29, 1.82) is 0 Å². The van der Waals surface area contributed by atoms with E-state index < -0.39 is 0 Å². The smallest absolute Gasteiger partial charge is 0.147 e. The summed E-state index contributed by atoms with van der Waals surface area (Å²) in [5.74, 6) is 1.48. The molecule has 0 aliphatic carbocycles. The van der Waals surface area contributed by atoms with Gasteiger partial charge in [0.15, 0.2) is 0 Å². The Labute approximate surface area is 110 Å². The topological polar surface area (TPSA) is 32.3 Å². The molecule has 1 aromatic heterocycles. The molecule has 0 aromatic carbocycles. The molecule has 0 amide bonds. The van der Waals surface area contributed by atoms with E-state index in [2.05, 4.69) is 40.5 Å². The molecule has 0 spiro atoms. The zero-order valence-electron chi connectivity index (χ0n) is 11.8. The van der Waals surface area contributed by atoms with Gasteiger partial charge >= 0.3 is 0 Å². The van der Waals surface area contributed by atoms with E-state index in [4.69, 9.17) is 0 Å². The number of nitrogens with zero attached hydrogens (tertiary/aromatic N) is 4. The van der Waals surface area contributed by atoms with Gasteiger partial charge in [0.2, 0.25) is 0 Å². The number of anilines is 1. The van der Waals surface area contributed by atoms with Crippen LogP contribution >= 0.6 is 0 Å². The van der Waals surface area contributed by atoms with Crippen LogP contribution in [0, 0.1) is 0 Å². The summed E-state index contributed by atoms with van der Waals surface area (Å²) in [5.41, 5.74) is 1.07. The predicted molar refractivity (Wildman–Crippen MR) is 75.1 cm³/mol. The molecule has 1 aromatic rings. The maximum absolute atomic E-state index is 4.54. The first kappa shape index (κ1) is 13.3. The first-order valence-electron chi connectivity index (χ1n) is 7.00. The molecule has 100 valence electrons. The minimum absolute atomic E-state index is 0.452. The van der Waals surface area contributed by atoms with E-state index in [0.717, 1.165) is 37.7 Å². The maximum atomic E-state index is 4.54. The van der Waals surface area contributed by atoms with Gasteiger partial charge in [-0.25, -0.2) is 4.98 Å². The Hall–Kier alpha value is -1.16. The van der Waals surface area contributed by atoms with Crippen molar-refractivity contribution in [2.75, 3.05) is 37.6 Å². The lowest BCUT2D eigenvalue weighted by Crippen LogP contribution is -2.46. The molecular weight excluding hydrogens is 224 g/mol. The summed E-state index contributed by atoms with van der Waals surface area (Å²) in [6, 6.07) is 0. The fourth-order valence-corrected chi connectivity index (χ4v) is 2.31. The lowest BCUT2D eigenvalue weighted by Gasteiger charge is -2.35. The Morgan fingerprint density at radius 1 is 1.11 bits per heavy atom. The molecule has 0 saturated carbocycles. The summed E-state index contributed by atoms with van der Waals surface area (Å²) in [7, 11) is 0. The third-order valence-corrected chi connectivity index (χ3v) is 3.49. The van der Waals surface area contributed by atoms with Crippen LogP contribution in [0.4, 0.5) is 5.82 Å². The Morgan fingerprint density at radius 2 is 1.83 bits per heavy atom. The van der Waals surface area contributed by atoms with Crippen LogP contribution in [-0.2, 0) is 0 Å². The van der Waals surface area contributed by atoms with E-state index in [1.165, 1.54) is 13.0 Å². The van der Waals surface area contributed by atoms with Crippen LogP contribution in [0.25, 0.3) is 0 Å². The zero-order chi connectivity index (χ0) is 13.0. The second-order valence-corrected chi connectivity index (χ2v) is 5.28. The molecule has 0 atom stereocenters. The second kappa shape index (κ2) is 6.14. The third kappa shape index (κ3) is 3.19.